The fourth-order valence-electron chi connectivity index (χ4n) is 3.19. The maximum Gasteiger partial charge on any atom is 0.0687 e. The van der Waals surface area contributed by atoms with Crippen molar-refractivity contribution >= 4 is 0 Å². The van der Waals surface area contributed by atoms with Gasteiger partial charge in [0.2, 0.25) is 0 Å². The molecule has 2 nitrogen and oxygen atoms in total. The second kappa shape index (κ2) is 4.19. The summed E-state index contributed by atoms with van der Waals surface area (Å²) in [4.78, 5) is 0. The van der Waals surface area contributed by atoms with Gasteiger partial charge in [0.1, 0.15) is 0 Å². The monoisotopic (exact) mass is 197 g/mol. The predicted molar refractivity (Wildman–Crippen MR) is 58.2 cm³/mol. The third-order valence-corrected chi connectivity index (χ3v) is 4.31. The molecule has 2 fully saturated rings. The maximum atomic E-state index is 10.6. The molecule has 82 valence electrons. The highest BCUT2D eigenvalue weighted by molar-refractivity contribution is 4.93. The first-order valence-electron chi connectivity index (χ1n) is 6.14. The van der Waals surface area contributed by atoms with E-state index in [1.165, 1.54) is 38.5 Å². The first kappa shape index (κ1) is 10.4. The Labute approximate surface area is 87.1 Å². The zero-order chi connectivity index (χ0) is 10.0. The van der Waals surface area contributed by atoms with E-state index >= 15 is 0 Å². The molecule has 0 aromatic heterocycles. The van der Waals surface area contributed by atoms with E-state index < -0.39 is 5.60 Å². The molecule has 0 aromatic rings. The summed E-state index contributed by atoms with van der Waals surface area (Å²) in [6, 6.07) is 0. The number of hydrogen-bond acceptors (Lipinski definition) is 2. The minimum Gasteiger partial charge on any atom is -0.390 e. The lowest BCUT2D eigenvalue weighted by Gasteiger charge is -2.40. The van der Waals surface area contributed by atoms with Crippen LogP contribution in [0.25, 0.3) is 0 Å². The van der Waals surface area contributed by atoms with Crippen LogP contribution < -0.4 is 5.32 Å². The van der Waals surface area contributed by atoms with Crippen molar-refractivity contribution in [2.24, 2.45) is 11.8 Å². The molecule has 0 aromatic carbocycles. The second-order valence-corrected chi connectivity index (χ2v) is 5.25. The number of piperidine rings is 1. The fraction of sp³-hybridized carbons (Fsp3) is 1.00. The summed E-state index contributed by atoms with van der Waals surface area (Å²) in [5.41, 5.74) is -0.413. The normalized spacial score (nSPS) is 34.3. The predicted octanol–water partition coefficient (Wildman–Crippen LogP) is 1.93. The van der Waals surface area contributed by atoms with E-state index in [1.54, 1.807) is 0 Å². The van der Waals surface area contributed by atoms with E-state index in [4.69, 9.17) is 0 Å². The van der Waals surface area contributed by atoms with Crippen molar-refractivity contribution in [3.8, 4) is 0 Å². The van der Waals surface area contributed by atoms with Gasteiger partial charge in [-0.05, 0) is 45.1 Å². The van der Waals surface area contributed by atoms with Gasteiger partial charge < -0.3 is 10.4 Å². The number of hydrogen-bond donors (Lipinski definition) is 2. The zero-order valence-corrected chi connectivity index (χ0v) is 9.26. The van der Waals surface area contributed by atoms with Crippen LogP contribution in [0.4, 0.5) is 0 Å². The van der Waals surface area contributed by atoms with Gasteiger partial charge in [-0.2, -0.15) is 0 Å². The number of nitrogens with one attached hydrogen (secondary N) is 1. The summed E-state index contributed by atoms with van der Waals surface area (Å²) in [6.45, 7) is 4.22. The first-order chi connectivity index (χ1) is 6.71. The van der Waals surface area contributed by atoms with Crippen molar-refractivity contribution in [3.05, 3.63) is 0 Å². The van der Waals surface area contributed by atoms with Gasteiger partial charge in [-0.15, -0.1) is 0 Å². The van der Waals surface area contributed by atoms with Gasteiger partial charge in [-0.1, -0.05) is 12.8 Å². The third kappa shape index (κ3) is 1.96. The van der Waals surface area contributed by atoms with E-state index in [1.807, 2.05) is 0 Å². The van der Waals surface area contributed by atoms with Crippen LogP contribution in [0.1, 0.15) is 45.4 Å². The SMILES string of the molecule is CC(O)(C1CCCC1)C1CCCNC1. The molecule has 2 atom stereocenters. The van der Waals surface area contributed by atoms with Crippen LogP contribution in [-0.2, 0) is 0 Å². The van der Waals surface area contributed by atoms with Crippen molar-refractivity contribution in [1.29, 1.82) is 0 Å². The maximum absolute atomic E-state index is 10.6. The van der Waals surface area contributed by atoms with Gasteiger partial charge in [0, 0.05) is 12.5 Å². The second-order valence-electron chi connectivity index (χ2n) is 5.25. The highest BCUT2D eigenvalue weighted by Gasteiger charge is 2.40. The summed E-state index contributed by atoms with van der Waals surface area (Å²) in [6.07, 6.45) is 7.55. The van der Waals surface area contributed by atoms with Crippen molar-refractivity contribution in [1.82, 2.24) is 5.32 Å². The molecule has 0 spiro atoms. The minimum atomic E-state index is -0.413. The number of rotatable bonds is 2. The van der Waals surface area contributed by atoms with Crippen molar-refractivity contribution in [2.75, 3.05) is 13.1 Å². The van der Waals surface area contributed by atoms with Gasteiger partial charge >= 0.3 is 0 Å². The topological polar surface area (TPSA) is 32.3 Å². The molecule has 1 aliphatic heterocycles. The van der Waals surface area contributed by atoms with Crippen molar-refractivity contribution in [2.45, 2.75) is 51.0 Å². The average molecular weight is 197 g/mol. The summed E-state index contributed by atoms with van der Waals surface area (Å²) >= 11 is 0. The van der Waals surface area contributed by atoms with E-state index in [0.717, 1.165) is 13.1 Å². The van der Waals surface area contributed by atoms with Crippen LogP contribution >= 0.6 is 0 Å². The standard InChI is InChI=1S/C12H23NO/c1-12(14,10-5-2-3-6-10)11-7-4-8-13-9-11/h10-11,13-14H,2-9H2,1H3. The Bertz CT molecular complexity index is 179. The van der Waals surface area contributed by atoms with Gasteiger partial charge in [0.05, 0.1) is 5.60 Å². The van der Waals surface area contributed by atoms with Gasteiger partial charge in [-0.25, -0.2) is 0 Å². The molecule has 2 rings (SSSR count). The Kier molecular flexibility index (Phi) is 3.13. The molecule has 1 saturated carbocycles. The average Bonchev–Trinajstić information content (AvgIpc) is 2.72. The van der Waals surface area contributed by atoms with Gasteiger partial charge in [-0.3, -0.25) is 0 Å². The molecule has 2 aliphatic rings. The molecule has 1 saturated heterocycles. The zero-order valence-electron chi connectivity index (χ0n) is 9.26. The Morgan fingerprint density at radius 3 is 2.29 bits per heavy atom. The molecular weight excluding hydrogens is 174 g/mol. The lowest BCUT2D eigenvalue weighted by Crippen LogP contribution is -2.48. The van der Waals surface area contributed by atoms with Crippen molar-refractivity contribution < 1.29 is 5.11 Å². The Balaban J connectivity index is 1.97. The molecule has 2 N–H and O–H groups in total. The molecule has 0 bridgehead atoms. The third-order valence-electron chi connectivity index (χ3n) is 4.31. The van der Waals surface area contributed by atoms with Gasteiger partial charge in [0.25, 0.3) is 0 Å². The van der Waals surface area contributed by atoms with Crippen LogP contribution in [0.5, 0.6) is 0 Å². The highest BCUT2D eigenvalue weighted by Crippen LogP contribution is 2.40. The van der Waals surface area contributed by atoms with Gasteiger partial charge in [0.15, 0.2) is 0 Å². The molecule has 14 heavy (non-hydrogen) atoms. The summed E-state index contributed by atoms with van der Waals surface area (Å²) in [7, 11) is 0. The lowest BCUT2D eigenvalue weighted by atomic mass is 9.74. The number of aliphatic hydroxyl groups is 1. The molecule has 2 unspecified atom stereocenters. The smallest absolute Gasteiger partial charge is 0.0687 e. The summed E-state index contributed by atoms with van der Waals surface area (Å²) < 4.78 is 0. The fourth-order valence-corrected chi connectivity index (χ4v) is 3.19. The highest BCUT2D eigenvalue weighted by atomic mass is 16.3. The summed E-state index contributed by atoms with van der Waals surface area (Å²) in [5.74, 6) is 1.05. The van der Waals surface area contributed by atoms with Crippen LogP contribution in [0.3, 0.4) is 0 Å². The Morgan fingerprint density at radius 1 is 1.07 bits per heavy atom. The van der Waals surface area contributed by atoms with E-state index in [0.29, 0.717) is 11.8 Å². The Hall–Kier alpha value is -0.0800. The largest absolute Gasteiger partial charge is 0.390 e. The quantitative estimate of drug-likeness (QED) is 0.709. The molecule has 1 aliphatic carbocycles. The van der Waals surface area contributed by atoms with Crippen LogP contribution in [-0.4, -0.2) is 23.8 Å². The molecular formula is C12H23NO. The molecule has 0 amide bonds. The Morgan fingerprint density at radius 2 is 1.71 bits per heavy atom. The summed E-state index contributed by atoms with van der Waals surface area (Å²) in [5, 5.41) is 14.0. The molecule has 0 radical (unpaired) electrons. The van der Waals surface area contributed by atoms with Crippen LogP contribution in [0.2, 0.25) is 0 Å². The first-order valence-corrected chi connectivity index (χ1v) is 6.14. The molecule has 1 heterocycles. The lowest BCUT2D eigenvalue weighted by molar-refractivity contribution is -0.0588. The van der Waals surface area contributed by atoms with E-state index in [9.17, 15) is 5.11 Å². The van der Waals surface area contributed by atoms with Crippen LogP contribution in [0.15, 0.2) is 0 Å². The van der Waals surface area contributed by atoms with Crippen LogP contribution in [0, 0.1) is 11.8 Å². The van der Waals surface area contributed by atoms with Crippen molar-refractivity contribution in [3.63, 3.8) is 0 Å². The molecule has 2 heteroatoms. The van der Waals surface area contributed by atoms with E-state index in [2.05, 4.69) is 12.2 Å². The minimum absolute atomic E-state index is 0.413. The van der Waals surface area contributed by atoms with E-state index in [-0.39, 0.29) is 0 Å².